The van der Waals surface area contributed by atoms with Crippen LogP contribution in [0.1, 0.15) is 51.9 Å². The third-order valence-electron chi connectivity index (χ3n) is 1.98. The van der Waals surface area contributed by atoms with E-state index in [0.717, 1.165) is 12.7 Å². The van der Waals surface area contributed by atoms with E-state index in [1.54, 1.807) is 0 Å². The van der Waals surface area contributed by atoms with Crippen molar-refractivity contribution in [3.05, 3.63) is 0 Å². The van der Waals surface area contributed by atoms with Gasteiger partial charge in [-0.2, -0.15) is 0 Å². The SMILES string of the molecule is CCCCCCCCC(Br)[14CH]=O. The van der Waals surface area contributed by atoms with Crippen LogP contribution in [-0.2, 0) is 4.79 Å². The Labute approximate surface area is 84.1 Å². The Bertz CT molecular complexity index is 104. The molecule has 0 amide bonds. The van der Waals surface area contributed by atoms with Crippen LogP contribution >= 0.6 is 15.9 Å². The fourth-order valence-corrected chi connectivity index (χ4v) is 1.51. The van der Waals surface area contributed by atoms with Crippen molar-refractivity contribution < 1.29 is 4.79 Å². The van der Waals surface area contributed by atoms with Crippen molar-refractivity contribution in [2.24, 2.45) is 0 Å². The topological polar surface area (TPSA) is 17.1 Å². The number of alkyl halides is 1. The summed E-state index contributed by atoms with van der Waals surface area (Å²) in [6.45, 7) is 2.22. The summed E-state index contributed by atoms with van der Waals surface area (Å²) in [5.74, 6) is 0. The molecule has 1 atom stereocenters. The van der Waals surface area contributed by atoms with Gasteiger partial charge in [-0.25, -0.2) is 0 Å². The van der Waals surface area contributed by atoms with E-state index >= 15 is 0 Å². The molecule has 0 aliphatic rings. The van der Waals surface area contributed by atoms with Crippen LogP contribution in [0.25, 0.3) is 0 Å². The van der Waals surface area contributed by atoms with Gasteiger partial charge in [0.1, 0.15) is 6.29 Å². The molecule has 0 saturated carbocycles. The van der Waals surface area contributed by atoms with Gasteiger partial charge in [0.15, 0.2) is 0 Å². The maximum absolute atomic E-state index is 10.2. The first kappa shape index (κ1) is 12.2. The minimum Gasteiger partial charge on any atom is -0.302 e. The van der Waals surface area contributed by atoms with Gasteiger partial charge in [0, 0.05) is 0 Å². The zero-order valence-electron chi connectivity index (χ0n) is 7.89. The van der Waals surface area contributed by atoms with Gasteiger partial charge in [-0.05, 0) is 6.42 Å². The van der Waals surface area contributed by atoms with E-state index in [1.807, 2.05) is 0 Å². The lowest BCUT2D eigenvalue weighted by Gasteiger charge is -2.01. The second-order valence-corrected chi connectivity index (χ2v) is 4.38. The second kappa shape index (κ2) is 9.24. The summed E-state index contributed by atoms with van der Waals surface area (Å²) in [4.78, 5) is 10.3. The number of aldehydes is 1. The van der Waals surface area contributed by atoms with Crippen LogP contribution in [0.3, 0.4) is 0 Å². The van der Waals surface area contributed by atoms with Crippen molar-refractivity contribution in [3.8, 4) is 0 Å². The fourth-order valence-electron chi connectivity index (χ4n) is 1.19. The predicted octanol–water partition coefficient (Wildman–Crippen LogP) is 3.70. The number of hydrogen-bond donors (Lipinski definition) is 0. The number of carbonyl (C=O) groups excluding carboxylic acids is 1. The Balaban J connectivity index is 2.95. The molecule has 0 aliphatic heterocycles. The van der Waals surface area contributed by atoms with Crippen molar-refractivity contribution in [1.29, 1.82) is 0 Å². The molecule has 0 radical (unpaired) electrons. The number of rotatable bonds is 8. The first-order valence-corrected chi connectivity index (χ1v) is 5.82. The van der Waals surface area contributed by atoms with Gasteiger partial charge in [-0.1, -0.05) is 61.4 Å². The Kier molecular flexibility index (Phi) is 9.36. The summed E-state index contributed by atoms with van der Waals surface area (Å²) >= 11 is 3.29. The van der Waals surface area contributed by atoms with E-state index in [1.165, 1.54) is 38.5 Å². The molecular formula is C10H19BrO. The van der Waals surface area contributed by atoms with Gasteiger partial charge < -0.3 is 4.79 Å². The highest BCUT2D eigenvalue weighted by atomic mass is 79.9. The summed E-state index contributed by atoms with van der Waals surface area (Å²) < 4.78 is 0. The summed E-state index contributed by atoms with van der Waals surface area (Å²) in [6.07, 6.45) is 9.76. The fraction of sp³-hybridized carbons (Fsp3) is 0.900. The standard InChI is InChI=1S/C10H19BrO/c1-2-3-4-5-6-7-8-10(11)9-12/h9-10H,2-8H2,1H3/i9+2. The van der Waals surface area contributed by atoms with Crippen molar-refractivity contribution in [2.45, 2.75) is 56.7 Å². The zero-order chi connectivity index (χ0) is 9.23. The molecule has 0 aromatic carbocycles. The molecule has 2 heteroatoms. The highest BCUT2D eigenvalue weighted by Gasteiger charge is 1.99. The van der Waals surface area contributed by atoms with Crippen LogP contribution in [0.2, 0.25) is 0 Å². The molecule has 0 spiro atoms. The number of halogens is 1. The highest BCUT2D eigenvalue weighted by molar-refractivity contribution is 9.09. The Hall–Kier alpha value is 0.150. The first-order valence-electron chi connectivity index (χ1n) is 4.90. The van der Waals surface area contributed by atoms with E-state index in [2.05, 4.69) is 22.9 Å². The summed E-state index contributed by atoms with van der Waals surface area (Å²) in [7, 11) is 0. The van der Waals surface area contributed by atoms with Crippen LogP contribution in [-0.4, -0.2) is 11.1 Å². The molecule has 0 saturated heterocycles. The lowest BCUT2D eigenvalue weighted by Crippen LogP contribution is -1.97. The third kappa shape index (κ3) is 8.25. The average molecular weight is 237 g/mol. The minimum atomic E-state index is 0.0867. The van der Waals surface area contributed by atoms with Gasteiger partial charge in [0.2, 0.25) is 0 Å². The lowest BCUT2D eigenvalue weighted by atomic mass is 10.1. The van der Waals surface area contributed by atoms with Crippen molar-refractivity contribution >= 4 is 22.2 Å². The van der Waals surface area contributed by atoms with Gasteiger partial charge in [0.25, 0.3) is 0 Å². The maximum Gasteiger partial charge on any atom is 0.133 e. The average Bonchev–Trinajstić information content (AvgIpc) is 2.10. The van der Waals surface area contributed by atoms with Crippen molar-refractivity contribution in [2.75, 3.05) is 0 Å². The molecule has 0 bridgehead atoms. The van der Waals surface area contributed by atoms with E-state index in [9.17, 15) is 4.79 Å². The molecule has 1 nitrogen and oxygen atoms in total. The molecule has 0 aromatic heterocycles. The van der Waals surface area contributed by atoms with Gasteiger partial charge in [-0.15, -0.1) is 0 Å². The smallest absolute Gasteiger partial charge is 0.133 e. The van der Waals surface area contributed by atoms with Gasteiger partial charge in [0.05, 0.1) is 4.83 Å². The predicted molar refractivity (Wildman–Crippen MR) is 56.8 cm³/mol. The van der Waals surface area contributed by atoms with Crippen LogP contribution < -0.4 is 0 Å². The Morgan fingerprint density at radius 2 is 1.75 bits per heavy atom. The molecule has 0 fully saturated rings. The van der Waals surface area contributed by atoms with E-state index in [-0.39, 0.29) is 4.83 Å². The zero-order valence-corrected chi connectivity index (χ0v) is 9.48. The number of carbonyl (C=O) groups is 1. The summed E-state index contributed by atoms with van der Waals surface area (Å²) in [5, 5.41) is 0. The van der Waals surface area contributed by atoms with Gasteiger partial charge >= 0.3 is 0 Å². The van der Waals surface area contributed by atoms with Crippen LogP contribution in [0.5, 0.6) is 0 Å². The largest absolute Gasteiger partial charge is 0.302 e. The molecule has 1 unspecified atom stereocenters. The summed E-state index contributed by atoms with van der Waals surface area (Å²) in [5.41, 5.74) is 0. The molecule has 0 heterocycles. The Morgan fingerprint density at radius 1 is 1.17 bits per heavy atom. The molecule has 0 aromatic rings. The van der Waals surface area contributed by atoms with Crippen molar-refractivity contribution in [1.82, 2.24) is 0 Å². The molecule has 72 valence electrons. The van der Waals surface area contributed by atoms with Gasteiger partial charge in [-0.3, -0.25) is 0 Å². The van der Waals surface area contributed by atoms with Crippen LogP contribution in [0, 0.1) is 0 Å². The monoisotopic (exact) mass is 236 g/mol. The van der Waals surface area contributed by atoms with Crippen LogP contribution in [0.15, 0.2) is 0 Å². The number of unbranched alkanes of at least 4 members (excludes halogenated alkanes) is 5. The second-order valence-electron chi connectivity index (χ2n) is 3.21. The van der Waals surface area contributed by atoms with E-state index in [4.69, 9.17) is 0 Å². The first-order chi connectivity index (χ1) is 5.81. The lowest BCUT2D eigenvalue weighted by molar-refractivity contribution is -0.107. The molecular weight excluding hydrogens is 218 g/mol. The molecule has 0 aliphatic carbocycles. The van der Waals surface area contributed by atoms with E-state index in [0.29, 0.717) is 0 Å². The molecule has 12 heavy (non-hydrogen) atoms. The van der Waals surface area contributed by atoms with Crippen molar-refractivity contribution in [3.63, 3.8) is 0 Å². The third-order valence-corrected chi connectivity index (χ3v) is 2.65. The Morgan fingerprint density at radius 3 is 2.33 bits per heavy atom. The quantitative estimate of drug-likeness (QED) is 0.357. The highest BCUT2D eigenvalue weighted by Crippen LogP contribution is 2.11. The number of hydrogen-bond acceptors (Lipinski definition) is 1. The maximum atomic E-state index is 10.2. The molecule has 0 N–H and O–H groups in total. The van der Waals surface area contributed by atoms with E-state index < -0.39 is 0 Å². The molecule has 0 rings (SSSR count). The summed E-state index contributed by atoms with van der Waals surface area (Å²) in [6, 6.07) is 0. The minimum absolute atomic E-state index is 0.0867. The normalized spacial score (nSPS) is 12.8. The van der Waals surface area contributed by atoms with Crippen LogP contribution in [0.4, 0.5) is 0 Å².